The number of nitrogens with zero attached hydrogens (tertiary/aromatic N) is 3. The second-order valence-corrected chi connectivity index (χ2v) is 4.29. The molecular weight excluding hydrogens is 178 g/mol. The van der Waals surface area contributed by atoms with Gasteiger partial charge in [0.15, 0.2) is 0 Å². The summed E-state index contributed by atoms with van der Waals surface area (Å²) < 4.78 is 1.92. The van der Waals surface area contributed by atoms with E-state index in [0.29, 0.717) is 0 Å². The van der Waals surface area contributed by atoms with E-state index in [4.69, 9.17) is 0 Å². The molecule has 1 aliphatic rings. The van der Waals surface area contributed by atoms with E-state index in [0.717, 1.165) is 32.6 Å². The van der Waals surface area contributed by atoms with Crippen molar-refractivity contribution >= 4 is 0 Å². The first-order valence-corrected chi connectivity index (χ1v) is 5.08. The van der Waals surface area contributed by atoms with Gasteiger partial charge in [-0.3, -0.25) is 9.58 Å². The maximum absolute atomic E-state index is 9.76. The molecule has 4 heteroatoms. The predicted octanol–water partition coefficient (Wildman–Crippen LogP) is 0.340. The van der Waals surface area contributed by atoms with Gasteiger partial charge in [0.25, 0.3) is 0 Å². The van der Waals surface area contributed by atoms with E-state index in [2.05, 4.69) is 10.00 Å². The highest BCUT2D eigenvalue weighted by molar-refractivity contribution is 4.86. The molecule has 0 spiro atoms. The largest absolute Gasteiger partial charge is 0.389 e. The van der Waals surface area contributed by atoms with Gasteiger partial charge in [0.2, 0.25) is 0 Å². The first-order valence-electron chi connectivity index (χ1n) is 5.08. The molecule has 0 aromatic carbocycles. The highest BCUT2D eigenvalue weighted by atomic mass is 16.3. The molecule has 1 fully saturated rings. The Morgan fingerprint density at radius 3 is 2.93 bits per heavy atom. The van der Waals surface area contributed by atoms with Gasteiger partial charge in [-0.1, -0.05) is 0 Å². The monoisotopic (exact) mass is 195 g/mol. The average molecular weight is 195 g/mol. The zero-order chi connectivity index (χ0) is 10.0. The minimum Gasteiger partial charge on any atom is -0.389 e. The summed E-state index contributed by atoms with van der Waals surface area (Å²) in [7, 11) is 0. The molecule has 78 valence electrons. The van der Waals surface area contributed by atoms with E-state index in [1.165, 1.54) is 0 Å². The standard InChI is InChI=1S/C10H17N3O/c1-10(14)3-6-12(9-10)7-8-13-5-2-4-11-13/h2,4-5,14H,3,6-9H2,1H3. The molecule has 4 nitrogen and oxygen atoms in total. The molecule has 0 saturated carbocycles. The van der Waals surface area contributed by atoms with Gasteiger partial charge in [-0.15, -0.1) is 0 Å². The highest BCUT2D eigenvalue weighted by Gasteiger charge is 2.30. The number of aliphatic hydroxyl groups is 1. The Morgan fingerprint density at radius 1 is 1.50 bits per heavy atom. The minimum atomic E-state index is -0.482. The van der Waals surface area contributed by atoms with Crippen molar-refractivity contribution in [1.29, 1.82) is 0 Å². The predicted molar refractivity (Wildman–Crippen MR) is 53.9 cm³/mol. The summed E-state index contributed by atoms with van der Waals surface area (Å²) in [5, 5.41) is 13.9. The van der Waals surface area contributed by atoms with Gasteiger partial charge in [-0.05, 0) is 19.4 Å². The van der Waals surface area contributed by atoms with Crippen molar-refractivity contribution in [2.75, 3.05) is 19.6 Å². The molecule has 1 aromatic heterocycles. The van der Waals surface area contributed by atoms with E-state index in [1.807, 2.05) is 23.9 Å². The fourth-order valence-electron chi connectivity index (χ4n) is 1.91. The van der Waals surface area contributed by atoms with Crippen LogP contribution in [0.1, 0.15) is 13.3 Å². The van der Waals surface area contributed by atoms with Gasteiger partial charge in [-0.25, -0.2) is 0 Å². The van der Waals surface area contributed by atoms with Crippen molar-refractivity contribution < 1.29 is 5.11 Å². The van der Waals surface area contributed by atoms with Gasteiger partial charge < -0.3 is 5.11 Å². The van der Waals surface area contributed by atoms with E-state index in [-0.39, 0.29) is 0 Å². The third-order valence-electron chi connectivity index (χ3n) is 2.74. The van der Waals surface area contributed by atoms with E-state index in [9.17, 15) is 5.11 Å². The molecule has 14 heavy (non-hydrogen) atoms. The van der Waals surface area contributed by atoms with Crippen LogP contribution in [0.15, 0.2) is 18.5 Å². The van der Waals surface area contributed by atoms with Gasteiger partial charge in [0, 0.05) is 32.0 Å². The van der Waals surface area contributed by atoms with Crippen LogP contribution in [0.5, 0.6) is 0 Å². The van der Waals surface area contributed by atoms with Crippen LogP contribution in [0.25, 0.3) is 0 Å². The second-order valence-electron chi connectivity index (χ2n) is 4.29. The van der Waals surface area contributed by atoms with E-state index < -0.39 is 5.60 Å². The van der Waals surface area contributed by atoms with Crippen molar-refractivity contribution in [3.8, 4) is 0 Å². The normalized spacial score (nSPS) is 28.4. The van der Waals surface area contributed by atoms with Gasteiger partial charge in [0.1, 0.15) is 0 Å². The molecule has 1 N–H and O–H groups in total. The summed E-state index contributed by atoms with van der Waals surface area (Å²) in [4.78, 5) is 2.28. The number of hydrogen-bond donors (Lipinski definition) is 1. The Morgan fingerprint density at radius 2 is 2.36 bits per heavy atom. The summed E-state index contributed by atoms with van der Waals surface area (Å²) in [6, 6.07) is 1.93. The molecule has 2 heterocycles. The number of rotatable bonds is 3. The van der Waals surface area contributed by atoms with Crippen molar-refractivity contribution in [2.24, 2.45) is 0 Å². The smallest absolute Gasteiger partial charge is 0.0758 e. The van der Waals surface area contributed by atoms with Crippen LogP contribution in [0.3, 0.4) is 0 Å². The fourth-order valence-corrected chi connectivity index (χ4v) is 1.91. The van der Waals surface area contributed by atoms with E-state index in [1.54, 1.807) is 6.20 Å². The number of likely N-dealkylation sites (tertiary alicyclic amines) is 1. The van der Waals surface area contributed by atoms with Gasteiger partial charge in [-0.2, -0.15) is 5.10 Å². The highest BCUT2D eigenvalue weighted by Crippen LogP contribution is 2.19. The van der Waals surface area contributed by atoms with Crippen LogP contribution in [0, 0.1) is 0 Å². The lowest BCUT2D eigenvalue weighted by atomic mass is 10.1. The number of aromatic nitrogens is 2. The van der Waals surface area contributed by atoms with Crippen LogP contribution >= 0.6 is 0 Å². The van der Waals surface area contributed by atoms with Crippen molar-refractivity contribution in [3.63, 3.8) is 0 Å². The quantitative estimate of drug-likeness (QED) is 0.756. The molecule has 0 bridgehead atoms. The van der Waals surface area contributed by atoms with Crippen LogP contribution in [0.4, 0.5) is 0 Å². The minimum absolute atomic E-state index is 0.482. The topological polar surface area (TPSA) is 41.3 Å². The third kappa shape index (κ3) is 2.33. The van der Waals surface area contributed by atoms with E-state index >= 15 is 0 Å². The molecule has 1 aliphatic heterocycles. The summed E-state index contributed by atoms with van der Waals surface area (Å²) in [6.45, 7) is 5.56. The third-order valence-corrected chi connectivity index (χ3v) is 2.74. The second kappa shape index (κ2) is 3.71. The first-order chi connectivity index (χ1) is 6.66. The molecule has 1 aromatic rings. The zero-order valence-electron chi connectivity index (χ0n) is 8.56. The van der Waals surface area contributed by atoms with Gasteiger partial charge >= 0.3 is 0 Å². The fraction of sp³-hybridized carbons (Fsp3) is 0.700. The Balaban J connectivity index is 1.78. The molecule has 2 rings (SSSR count). The average Bonchev–Trinajstić information content (AvgIpc) is 2.70. The maximum atomic E-state index is 9.76. The summed E-state index contributed by atoms with van der Waals surface area (Å²) in [6.07, 6.45) is 4.64. The molecule has 1 unspecified atom stereocenters. The lowest BCUT2D eigenvalue weighted by Crippen LogP contribution is -2.31. The molecule has 1 saturated heterocycles. The Labute approximate surface area is 84.1 Å². The lowest BCUT2D eigenvalue weighted by Gasteiger charge is -2.18. The summed E-state index contributed by atoms with van der Waals surface area (Å²) in [5.74, 6) is 0. The van der Waals surface area contributed by atoms with Crippen molar-refractivity contribution in [3.05, 3.63) is 18.5 Å². The summed E-state index contributed by atoms with van der Waals surface area (Å²) in [5.41, 5.74) is -0.482. The van der Waals surface area contributed by atoms with Crippen LogP contribution in [-0.4, -0.2) is 45.0 Å². The summed E-state index contributed by atoms with van der Waals surface area (Å²) >= 11 is 0. The van der Waals surface area contributed by atoms with Crippen molar-refractivity contribution in [1.82, 2.24) is 14.7 Å². The van der Waals surface area contributed by atoms with Crippen LogP contribution in [0.2, 0.25) is 0 Å². The zero-order valence-corrected chi connectivity index (χ0v) is 8.56. The SMILES string of the molecule is CC1(O)CCN(CCn2cccn2)C1. The Hall–Kier alpha value is -0.870. The Bertz CT molecular complexity index is 282. The van der Waals surface area contributed by atoms with Crippen molar-refractivity contribution in [2.45, 2.75) is 25.5 Å². The van der Waals surface area contributed by atoms with Gasteiger partial charge in [0.05, 0.1) is 12.1 Å². The number of hydrogen-bond acceptors (Lipinski definition) is 3. The molecule has 1 atom stereocenters. The molecular formula is C10H17N3O. The number of β-amino-alcohol motifs (C(OH)–C–C–N with tert-alkyl or cyclic N) is 1. The molecule has 0 aliphatic carbocycles. The lowest BCUT2D eigenvalue weighted by molar-refractivity contribution is 0.0682. The van der Waals surface area contributed by atoms with Crippen LogP contribution in [-0.2, 0) is 6.54 Å². The first kappa shape index (κ1) is 9.68. The van der Waals surface area contributed by atoms with Crippen LogP contribution < -0.4 is 0 Å². The molecule has 0 radical (unpaired) electrons. The molecule has 0 amide bonds. The Kier molecular flexibility index (Phi) is 2.56. The maximum Gasteiger partial charge on any atom is 0.0758 e.